The molecule has 0 saturated carbocycles. The number of hydrogen-bond donors (Lipinski definition) is 1. The molecule has 0 aliphatic heterocycles. The van der Waals surface area contributed by atoms with Crippen molar-refractivity contribution in [1.82, 2.24) is 5.32 Å². The van der Waals surface area contributed by atoms with Crippen LogP contribution in [0.3, 0.4) is 0 Å². The molecule has 0 spiro atoms. The van der Waals surface area contributed by atoms with E-state index < -0.39 is 23.9 Å². The van der Waals surface area contributed by atoms with Crippen LogP contribution in [0.25, 0.3) is 0 Å². The van der Waals surface area contributed by atoms with E-state index >= 15 is 0 Å². The highest BCUT2D eigenvalue weighted by molar-refractivity contribution is 5.81. The molecular weight excluding hydrogens is 171 g/mol. The molecule has 2 atom stereocenters. The van der Waals surface area contributed by atoms with Crippen LogP contribution in [-0.4, -0.2) is 25.0 Å². The van der Waals surface area contributed by atoms with Crippen LogP contribution in [0.1, 0.15) is 13.8 Å². The minimum absolute atomic E-state index is 0.498. The molecular formula is C7H12F3NO. The zero-order valence-electron chi connectivity index (χ0n) is 7.20. The van der Waals surface area contributed by atoms with Crippen molar-refractivity contribution in [3.05, 3.63) is 0 Å². The Morgan fingerprint density at radius 2 is 1.83 bits per heavy atom. The summed E-state index contributed by atoms with van der Waals surface area (Å²) in [7, 11) is 1.34. The maximum Gasteiger partial charge on any atom is 0.393 e. The van der Waals surface area contributed by atoms with Gasteiger partial charge in [-0.05, 0) is 14.0 Å². The van der Waals surface area contributed by atoms with E-state index in [2.05, 4.69) is 5.32 Å². The number of carbonyl (C=O) groups excluding carboxylic acids is 1. The monoisotopic (exact) mass is 183 g/mol. The Bertz CT molecular complexity index is 167. The van der Waals surface area contributed by atoms with Gasteiger partial charge < -0.3 is 5.32 Å². The fourth-order valence-corrected chi connectivity index (χ4v) is 0.994. The van der Waals surface area contributed by atoms with Crippen molar-refractivity contribution in [2.45, 2.75) is 26.1 Å². The average molecular weight is 183 g/mol. The summed E-state index contributed by atoms with van der Waals surface area (Å²) in [6.45, 7) is 2.13. The maximum absolute atomic E-state index is 12.1. The van der Waals surface area contributed by atoms with E-state index in [1.54, 1.807) is 0 Å². The van der Waals surface area contributed by atoms with Gasteiger partial charge in [-0.3, -0.25) is 4.79 Å². The number of ketones is 1. The van der Waals surface area contributed by atoms with Crippen molar-refractivity contribution in [1.29, 1.82) is 0 Å². The van der Waals surface area contributed by atoms with Gasteiger partial charge in [-0.25, -0.2) is 0 Å². The Hall–Kier alpha value is -0.580. The number of alkyl halides is 3. The van der Waals surface area contributed by atoms with Crippen LogP contribution in [0.2, 0.25) is 0 Å². The minimum Gasteiger partial charge on any atom is -0.310 e. The molecule has 1 N–H and O–H groups in total. The van der Waals surface area contributed by atoms with Gasteiger partial charge in [-0.2, -0.15) is 13.2 Å². The molecule has 12 heavy (non-hydrogen) atoms. The highest BCUT2D eigenvalue weighted by Gasteiger charge is 2.42. The van der Waals surface area contributed by atoms with Crippen molar-refractivity contribution >= 4 is 5.78 Å². The predicted molar refractivity (Wildman–Crippen MR) is 38.7 cm³/mol. The molecule has 0 aromatic carbocycles. The van der Waals surface area contributed by atoms with Crippen LogP contribution in [0.5, 0.6) is 0 Å². The zero-order chi connectivity index (χ0) is 9.94. The maximum atomic E-state index is 12.1. The first-order valence-electron chi connectivity index (χ1n) is 3.55. The van der Waals surface area contributed by atoms with E-state index in [0.29, 0.717) is 0 Å². The molecule has 2 nitrogen and oxygen atoms in total. The van der Waals surface area contributed by atoms with Gasteiger partial charge in [0.2, 0.25) is 0 Å². The molecule has 0 saturated heterocycles. The van der Waals surface area contributed by atoms with Gasteiger partial charge in [-0.1, -0.05) is 6.92 Å². The molecule has 0 rings (SSSR count). The summed E-state index contributed by atoms with van der Waals surface area (Å²) in [4.78, 5) is 10.7. The van der Waals surface area contributed by atoms with E-state index in [4.69, 9.17) is 0 Å². The topological polar surface area (TPSA) is 29.1 Å². The third kappa shape index (κ3) is 2.81. The average Bonchev–Trinajstić information content (AvgIpc) is 1.86. The van der Waals surface area contributed by atoms with Gasteiger partial charge in [0.1, 0.15) is 5.78 Å². The summed E-state index contributed by atoms with van der Waals surface area (Å²) in [5, 5.41) is 2.34. The SMILES string of the molecule is CNC(C(C)=O)C(C)C(F)(F)F. The van der Waals surface area contributed by atoms with E-state index in [1.165, 1.54) is 7.05 Å². The number of likely N-dealkylation sites (N-methyl/N-ethyl adjacent to an activating group) is 1. The summed E-state index contributed by atoms with van der Waals surface area (Å²) >= 11 is 0. The third-order valence-corrected chi connectivity index (χ3v) is 1.77. The lowest BCUT2D eigenvalue weighted by Gasteiger charge is -2.23. The Morgan fingerprint density at radius 1 is 1.42 bits per heavy atom. The van der Waals surface area contributed by atoms with Crippen LogP contribution >= 0.6 is 0 Å². The lowest BCUT2D eigenvalue weighted by Crippen LogP contribution is -2.44. The molecule has 0 bridgehead atoms. The Balaban J connectivity index is 4.42. The van der Waals surface area contributed by atoms with Crippen LogP contribution in [0, 0.1) is 5.92 Å². The van der Waals surface area contributed by atoms with Crippen LogP contribution < -0.4 is 5.32 Å². The summed E-state index contributed by atoms with van der Waals surface area (Å²) in [5.41, 5.74) is 0. The second-order valence-electron chi connectivity index (χ2n) is 2.71. The van der Waals surface area contributed by atoms with Gasteiger partial charge in [0.15, 0.2) is 0 Å². The molecule has 0 aromatic heterocycles. The first-order valence-corrected chi connectivity index (χ1v) is 3.55. The normalized spacial score (nSPS) is 17.2. The first-order chi connectivity index (χ1) is 5.30. The first kappa shape index (κ1) is 11.4. The van der Waals surface area contributed by atoms with Crippen molar-refractivity contribution in [2.75, 3.05) is 7.05 Å². The third-order valence-electron chi connectivity index (χ3n) is 1.77. The van der Waals surface area contributed by atoms with Crippen molar-refractivity contribution in [3.8, 4) is 0 Å². The van der Waals surface area contributed by atoms with Crippen molar-refractivity contribution < 1.29 is 18.0 Å². The molecule has 0 radical (unpaired) electrons. The molecule has 0 amide bonds. The van der Waals surface area contributed by atoms with E-state index in [-0.39, 0.29) is 0 Å². The van der Waals surface area contributed by atoms with Gasteiger partial charge >= 0.3 is 6.18 Å². The number of halogens is 3. The van der Waals surface area contributed by atoms with Gasteiger partial charge in [0, 0.05) is 0 Å². The number of Topliss-reactive ketones (excluding diaryl/α,β-unsaturated/α-hetero) is 1. The smallest absolute Gasteiger partial charge is 0.310 e. The fourth-order valence-electron chi connectivity index (χ4n) is 0.994. The van der Waals surface area contributed by atoms with E-state index in [1.807, 2.05) is 0 Å². The summed E-state index contributed by atoms with van der Waals surface area (Å²) in [6.07, 6.45) is -4.32. The quantitative estimate of drug-likeness (QED) is 0.715. The number of nitrogens with one attached hydrogen (secondary N) is 1. The van der Waals surface area contributed by atoms with Gasteiger partial charge in [0.05, 0.1) is 12.0 Å². The largest absolute Gasteiger partial charge is 0.393 e. The fraction of sp³-hybridized carbons (Fsp3) is 0.857. The second kappa shape index (κ2) is 3.89. The number of carbonyl (C=O) groups is 1. The Morgan fingerprint density at radius 3 is 1.92 bits per heavy atom. The summed E-state index contributed by atoms with van der Waals surface area (Å²) in [5.74, 6) is -2.14. The molecule has 0 aromatic rings. The minimum atomic E-state index is -4.32. The van der Waals surface area contributed by atoms with Crippen LogP contribution in [0.4, 0.5) is 13.2 Å². The van der Waals surface area contributed by atoms with E-state index in [9.17, 15) is 18.0 Å². The number of hydrogen-bond acceptors (Lipinski definition) is 2. The lowest BCUT2D eigenvalue weighted by atomic mass is 9.98. The Kier molecular flexibility index (Phi) is 3.70. The van der Waals surface area contributed by atoms with Crippen LogP contribution in [-0.2, 0) is 4.79 Å². The van der Waals surface area contributed by atoms with Gasteiger partial charge in [0.25, 0.3) is 0 Å². The summed E-state index contributed by atoms with van der Waals surface area (Å²) in [6, 6.07) is -1.13. The predicted octanol–water partition coefficient (Wildman–Crippen LogP) is 1.36. The Labute approximate surface area is 69.1 Å². The molecule has 5 heteroatoms. The van der Waals surface area contributed by atoms with Crippen molar-refractivity contribution in [2.24, 2.45) is 5.92 Å². The van der Waals surface area contributed by atoms with Crippen LogP contribution in [0.15, 0.2) is 0 Å². The molecule has 0 aliphatic carbocycles. The summed E-state index contributed by atoms with van der Waals surface area (Å²) < 4.78 is 36.2. The molecule has 0 aliphatic rings. The highest BCUT2D eigenvalue weighted by atomic mass is 19.4. The highest BCUT2D eigenvalue weighted by Crippen LogP contribution is 2.28. The van der Waals surface area contributed by atoms with E-state index in [0.717, 1.165) is 13.8 Å². The molecule has 0 fully saturated rings. The molecule has 0 heterocycles. The molecule has 72 valence electrons. The molecule has 2 unspecified atom stereocenters. The van der Waals surface area contributed by atoms with Crippen molar-refractivity contribution in [3.63, 3.8) is 0 Å². The lowest BCUT2D eigenvalue weighted by molar-refractivity contribution is -0.179. The second-order valence-corrected chi connectivity index (χ2v) is 2.71. The standard InChI is InChI=1S/C7H12F3NO/c1-4(7(8,9)10)6(11-3)5(2)12/h4,6,11H,1-3H3. The van der Waals surface area contributed by atoms with Gasteiger partial charge in [-0.15, -0.1) is 0 Å². The number of rotatable bonds is 3. The zero-order valence-corrected chi connectivity index (χ0v) is 7.20.